The number of carbonyl (C=O) groups is 1. The van der Waals surface area contributed by atoms with Gasteiger partial charge in [0.05, 0.1) is 5.56 Å². The van der Waals surface area contributed by atoms with E-state index in [4.69, 9.17) is 9.84 Å². The first-order chi connectivity index (χ1) is 13.6. The second-order valence-corrected chi connectivity index (χ2v) is 6.37. The van der Waals surface area contributed by atoms with Gasteiger partial charge >= 0.3 is 5.97 Å². The molecule has 0 aromatic heterocycles. The molecule has 3 aromatic carbocycles. The van der Waals surface area contributed by atoms with E-state index in [0.717, 1.165) is 16.9 Å². The van der Waals surface area contributed by atoms with Gasteiger partial charge in [-0.3, -0.25) is 0 Å². The number of halogens is 1. The first-order valence-corrected chi connectivity index (χ1v) is 9.11. The predicted octanol–water partition coefficient (Wildman–Crippen LogP) is 5.13. The summed E-state index contributed by atoms with van der Waals surface area (Å²) in [4.78, 5) is 13.0. The van der Waals surface area contributed by atoms with Gasteiger partial charge in [0.15, 0.2) is 0 Å². The number of aromatic carboxylic acids is 1. The van der Waals surface area contributed by atoms with Crippen molar-refractivity contribution < 1.29 is 19.0 Å². The molecule has 144 valence electrons. The fourth-order valence-corrected chi connectivity index (χ4v) is 2.98. The van der Waals surface area contributed by atoms with Crippen LogP contribution in [-0.4, -0.2) is 17.6 Å². The Morgan fingerprint density at radius 1 is 1.04 bits per heavy atom. The number of carboxylic acids is 1. The van der Waals surface area contributed by atoms with Crippen LogP contribution < -0.4 is 9.64 Å². The van der Waals surface area contributed by atoms with Crippen molar-refractivity contribution in [3.8, 4) is 5.75 Å². The summed E-state index contributed by atoms with van der Waals surface area (Å²) in [5.74, 6) is -1.24. The van der Waals surface area contributed by atoms with Crippen molar-refractivity contribution in [3.05, 3.63) is 95.3 Å². The van der Waals surface area contributed by atoms with Crippen molar-refractivity contribution in [2.24, 2.45) is 0 Å². The number of nitrogens with zero attached hydrogens (tertiary/aromatic N) is 1. The number of rotatable bonds is 8. The van der Waals surface area contributed by atoms with E-state index in [1.54, 1.807) is 6.07 Å². The van der Waals surface area contributed by atoms with Gasteiger partial charge in [0.2, 0.25) is 0 Å². The molecule has 0 spiro atoms. The van der Waals surface area contributed by atoms with E-state index in [1.807, 2.05) is 66.4 Å². The molecule has 1 N–H and O–H groups in total. The summed E-state index contributed by atoms with van der Waals surface area (Å²) in [7, 11) is 0. The van der Waals surface area contributed by atoms with Gasteiger partial charge in [0.1, 0.15) is 18.2 Å². The summed E-state index contributed by atoms with van der Waals surface area (Å²) in [6.45, 7) is 3.59. The van der Waals surface area contributed by atoms with Gasteiger partial charge in [0, 0.05) is 24.3 Å². The summed E-state index contributed by atoms with van der Waals surface area (Å²) < 4.78 is 20.1. The maximum Gasteiger partial charge on any atom is 0.338 e. The molecule has 0 heterocycles. The molecule has 0 unspecified atom stereocenters. The van der Waals surface area contributed by atoms with Crippen LogP contribution in [0.15, 0.2) is 72.8 Å². The van der Waals surface area contributed by atoms with E-state index in [9.17, 15) is 9.18 Å². The lowest BCUT2D eigenvalue weighted by atomic mass is 10.1. The van der Waals surface area contributed by atoms with Crippen LogP contribution in [0.25, 0.3) is 0 Å². The van der Waals surface area contributed by atoms with Crippen LogP contribution in [0.5, 0.6) is 5.75 Å². The Labute approximate surface area is 163 Å². The predicted molar refractivity (Wildman–Crippen MR) is 107 cm³/mol. The van der Waals surface area contributed by atoms with Crippen LogP contribution in [0.1, 0.15) is 28.4 Å². The highest BCUT2D eigenvalue weighted by molar-refractivity contribution is 5.88. The number of ether oxygens (including phenoxy) is 1. The molecule has 4 nitrogen and oxygen atoms in total. The van der Waals surface area contributed by atoms with Gasteiger partial charge in [-0.05, 0) is 36.8 Å². The summed E-state index contributed by atoms with van der Waals surface area (Å²) in [5.41, 5.74) is 2.35. The monoisotopic (exact) mass is 379 g/mol. The minimum absolute atomic E-state index is 0.327. The Hall–Kier alpha value is -3.34. The maximum atomic E-state index is 14.1. The summed E-state index contributed by atoms with van der Waals surface area (Å²) in [6.07, 6.45) is 0. The van der Waals surface area contributed by atoms with Crippen LogP contribution >= 0.6 is 0 Å². The molecule has 0 saturated carbocycles. The number of hydrogen-bond donors (Lipinski definition) is 1. The van der Waals surface area contributed by atoms with Crippen molar-refractivity contribution >= 4 is 11.7 Å². The highest BCUT2D eigenvalue weighted by atomic mass is 19.1. The molecular formula is C23H22FNO3. The standard InChI is InChI=1S/C23H22FNO3/c1-2-25(19-12-13-20(23(26)27)21(24)14-19)15-18-10-6-7-11-22(18)28-16-17-8-4-3-5-9-17/h3-14H,2,15-16H2,1H3,(H,26,27). The zero-order valence-corrected chi connectivity index (χ0v) is 15.6. The zero-order valence-electron chi connectivity index (χ0n) is 15.6. The van der Waals surface area contributed by atoms with Crippen molar-refractivity contribution in [3.63, 3.8) is 0 Å². The van der Waals surface area contributed by atoms with E-state index in [0.29, 0.717) is 25.4 Å². The lowest BCUT2D eigenvalue weighted by Gasteiger charge is -2.25. The third kappa shape index (κ3) is 4.68. The molecule has 0 atom stereocenters. The van der Waals surface area contributed by atoms with Gasteiger partial charge in [-0.25, -0.2) is 9.18 Å². The lowest BCUT2D eigenvalue weighted by molar-refractivity contribution is 0.0692. The van der Waals surface area contributed by atoms with Gasteiger partial charge in [-0.2, -0.15) is 0 Å². The summed E-state index contributed by atoms with van der Waals surface area (Å²) >= 11 is 0. The normalized spacial score (nSPS) is 10.5. The molecule has 5 heteroatoms. The Bertz CT molecular complexity index is 944. The molecule has 28 heavy (non-hydrogen) atoms. The Morgan fingerprint density at radius 3 is 2.43 bits per heavy atom. The molecule has 0 amide bonds. The van der Waals surface area contributed by atoms with Crippen molar-refractivity contribution in [1.82, 2.24) is 0 Å². The van der Waals surface area contributed by atoms with Crippen LogP contribution in [0, 0.1) is 5.82 Å². The molecule has 3 aromatic rings. The molecule has 0 aliphatic rings. The smallest absolute Gasteiger partial charge is 0.338 e. The first kappa shape index (κ1) is 19.4. The summed E-state index contributed by atoms with van der Waals surface area (Å²) in [5, 5.41) is 9.01. The molecule has 3 rings (SSSR count). The van der Waals surface area contributed by atoms with Crippen LogP contribution in [0.4, 0.5) is 10.1 Å². The van der Waals surface area contributed by atoms with Crippen LogP contribution in [0.2, 0.25) is 0 Å². The third-order valence-corrected chi connectivity index (χ3v) is 4.50. The average molecular weight is 379 g/mol. The number of carboxylic acid groups (broad SMARTS) is 1. The highest BCUT2D eigenvalue weighted by Gasteiger charge is 2.14. The molecule has 0 aliphatic heterocycles. The SMILES string of the molecule is CCN(Cc1ccccc1OCc1ccccc1)c1ccc(C(=O)O)c(F)c1. The fraction of sp³-hybridized carbons (Fsp3) is 0.174. The Kier molecular flexibility index (Phi) is 6.27. The number of para-hydroxylation sites is 1. The lowest BCUT2D eigenvalue weighted by Crippen LogP contribution is -2.22. The zero-order chi connectivity index (χ0) is 19.9. The first-order valence-electron chi connectivity index (χ1n) is 9.11. The average Bonchev–Trinajstić information content (AvgIpc) is 2.71. The van der Waals surface area contributed by atoms with Crippen molar-refractivity contribution in [2.75, 3.05) is 11.4 Å². The van der Waals surface area contributed by atoms with E-state index < -0.39 is 11.8 Å². The Balaban J connectivity index is 1.78. The summed E-state index contributed by atoms with van der Waals surface area (Å²) in [6, 6.07) is 21.9. The number of anilines is 1. The molecule has 0 bridgehead atoms. The van der Waals surface area contributed by atoms with E-state index >= 15 is 0 Å². The number of hydrogen-bond acceptors (Lipinski definition) is 3. The second kappa shape index (κ2) is 9.04. The topological polar surface area (TPSA) is 49.8 Å². The quantitative estimate of drug-likeness (QED) is 0.589. The minimum atomic E-state index is -1.27. The van der Waals surface area contributed by atoms with Crippen LogP contribution in [-0.2, 0) is 13.2 Å². The van der Waals surface area contributed by atoms with E-state index in [1.165, 1.54) is 12.1 Å². The van der Waals surface area contributed by atoms with E-state index in [-0.39, 0.29) is 5.56 Å². The largest absolute Gasteiger partial charge is 0.489 e. The maximum absolute atomic E-state index is 14.1. The van der Waals surface area contributed by atoms with Gasteiger partial charge < -0.3 is 14.7 Å². The molecule has 0 fully saturated rings. The van der Waals surface area contributed by atoms with Crippen LogP contribution in [0.3, 0.4) is 0 Å². The highest BCUT2D eigenvalue weighted by Crippen LogP contribution is 2.25. The fourth-order valence-electron chi connectivity index (χ4n) is 2.98. The Morgan fingerprint density at radius 2 is 1.75 bits per heavy atom. The van der Waals surface area contributed by atoms with Gasteiger partial charge in [-0.1, -0.05) is 48.5 Å². The van der Waals surface area contributed by atoms with E-state index in [2.05, 4.69) is 0 Å². The molecule has 0 radical (unpaired) electrons. The van der Waals surface area contributed by atoms with Gasteiger partial charge in [-0.15, -0.1) is 0 Å². The third-order valence-electron chi connectivity index (χ3n) is 4.50. The molecular weight excluding hydrogens is 357 g/mol. The molecule has 0 aliphatic carbocycles. The second-order valence-electron chi connectivity index (χ2n) is 6.37. The van der Waals surface area contributed by atoms with Gasteiger partial charge in [0.25, 0.3) is 0 Å². The van der Waals surface area contributed by atoms with Crippen molar-refractivity contribution in [2.45, 2.75) is 20.1 Å². The molecule has 0 saturated heterocycles. The van der Waals surface area contributed by atoms with Crippen molar-refractivity contribution in [1.29, 1.82) is 0 Å². The minimum Gasteiger partial charge on any atom is -0.489 e. The number of benzene rings is 3.